The molecule has 0 unspecified atom stereocenters. The zero-order valence-electron chi connectivity index (χ0n) is 12.6. The summed E-state index contributed by atoms with van der Waals surface area (Å²) in [6.07, 6.45) is 0. The fourth-order valence-corrected chi connectivity index (χ4v) is 4.56. The normalized spacial score (nSPS) is 11.5. The van der Waals surface area contributed by atoms with Gasteiger partial charge in [-0.1, -0.05) is 72.9 Å². The summed E-state index contributed by atoms with van der Waals surface area (Å²) in [5.74, 6) is 0. The summed E-state index contributed by atoms with van der Waals surface area (Å²) in [5.41, 5.74) is 1.65. The van der Waals surface area contributed by atoms with Crippen LogP contribution in [-0.2, 0) is 0 Å². The van der Waals surface area contributed by atoms with Crippen LogP contribution in [0, 0.1) is 0 Å². The molecule has 0 aliphatic rings. The van der Waals surface area contributed by atoms with Gasteiger partial charge < -0.3 is 8.39 Å². The third-order valence-corrected chi connectivity index (χ3v) is 5.58. The van der Waals surface area contributed by atoms with Gasteiger partial charge in [0, 0.05) is 10.8 Å². The van der Waals surface area contributed by atoms with Crippen LogP contribution in [0.5, 0.6) is 0 Å². The van der Waals surface area contributed by atoms with Gasteiger partial charge in [-0.3, -0.25) is 0 Å². The second-order valence-corrected chi connectivity index (χ2v) is 7.56. The molecule has 0 spiro atoms. The third-order valence-electron chi connectivity index (χ3n) is 4.38. The van der Waals surface area contributed by atoms with Crippen LogP contribution in [0.25, 0.3) is 43.5 Å². The molecule has 5 rings (SSSR count). The van der Waals surface area contributed by atoms with E-state index in [4.69, 9.17) is 8.39 Å². The summed E-state index contributed by atoms with van der Waals surface area (Å²) in [7, 11) is -1.31. The van der Waals surface area contributed by atoms with E-state index in [1.807, 2.05) is 12.1 Å². The van der Waals surface area contributed by atoms with E-state index in [2.05, 4.69) is 72.9 Å². The Hall–Kier alpha value is -2.35. The van der Waals surface area contributed by atoms with Crippen molar-refractivity contribution in [2.45, 2.75) is 0 Å². The molecule has 5 aromatic rings. The Morgan fingerprint density at radius 2 is 1.04 bits per heavy atom. The van der Waals surface area contributed by atoms with Crippen molar-refractivity contribution >= 4 is 62.9 Å². The molecule has 0 atom stereocenters. The predicted octanol–water partition coefficient (Wildman–Crippen LogP) is 7.29. The highest BCUT2D eigenvalue weighted by Crippen LogP contribution is 2.42. The Morgan fingerprint density at radius 1 is 0.583 bits per heavy atom. The number of fused-ring (bicyclic) bond motifs is 7. The highest BCUT2D eigenvalue weighted by Gasteiger charge is 2.11. The van der Waals surface area contributed by atoms with Crippen molar-refractivity contribution in [3.05, 3.63) is 72.8 Å². The van der Waals surface area contributed by atoms with Crippen molar-refractivity contribution in [3.63, 3.8) is 0 Å². The minimum absolute atomic E-state index is 0.824. The predicted molar refractivity (Wildman–Crippen MR) is 106 cm³/mol. The van der Waals surface area contributed by atoms with Gasteiger partial charge in [0.25, 0.3) is 7.22 Å². The van der Waals surface area contributed by atoms with Crippen molar-refractivity contribution in [2.24, 2.45) is 0 Å². The van der Waals surface area contributed by atoms with E-state index in [0.29, 0.717) is 0 Å². The van der Waals surface area contributed by atoms with Crippen molar-refractivity contribution in [1.29, 1.82) is 0 Å². The van der Waals surface area contributed by atoms with Crippen LogP contribution in [0.15, 0.2) is 81.2 Å². The van der Waals surface area contributed by atoms with Crippen LogP contribution in [0.1, 0.15) is 0 Å². The summed E-state index contributed by atoms with van der Waals surface area (Å²) >= 11 is 4.49. The zero-order chi connectivity index (χ0) is 16.1. The minimum atomic E-state index is -1.31. The summed E-state index contributed by atoms with van der Waals surface area (Å²) in [4.78, 5) is 0. The maximum Gasteiger partial charge on any atom is 0.283 e. The Morgan fingerprint density at radius 3 is 1.54 bits per heavy atom. The van der Waals surface area contributed by atoms with Gasteiger partial charge in [0.05, 0.1) is 0 Å². The Kier molecular flexibility index (Phi) is 3.12. The quantitative estimate of drug-likeness (QED) is 0.297. The largest absolute Gasteiger partial charge is 0.412 e. The van der Waals surface area contributed by atoms with Gasteiger partial charge in [-0.25, -0.2) is 0 Å². The van der Waals surface area contributed by atoms with Gasteiger partial charge in [-0.15, -0.1) is 0 Å². The van der Waals surface area contributed by atoms with E-state index in [1.54, 1.807) is 0 Å². The molecule has 0 aliphatic heterocycles. The lowest BCUT2D eigenvalue weighted by Crippen LogP contribution is -1.79. The number of hydrogen-bond donors (Lipinski definition) is 1. The number of rotatable bonds is 0. The molecular formula is C20H13O2PS. The molecule has 4 heteroatoms. The van der Waals surface area contributed by atoms with E-state index >= 15 is 0 Å². The monoisotopic (exact) mass is 348 g/mol. The highest BCUT2D eigenvalue weighted by atomic mass is 32.7. The topological polar surface area (TPSA) is 26.3 Å². The highest BCUT2D eigenvalue weighted by molar-refractivity contribution is 8.38. The molecule has 4 aromatic carbocycles. The first-order chi connectivity index (χ1) is 11.8. The maximum atomic E-state index is 6.00. The Balaban J connectivity index is 2.23. The number of hydrogen-bond acceptors (Lipinski definition) is 3. The van der Waals surface area contributed by atoms with E-state index in [0.717, 1.165) is 32.7 Å². The van der Waals surface area contributed by atoms with Crippen molar-refractivity contribution in [1.82, 2.24) is 0 Å². The van der Waals surface area contributed by atoms with Crippen molar-refractivity contribution in [3.8, 4) is 0 Å². The molecule has 0 radical (unpaired) electrons. The second kappa shape index (κ2) is 5.34. The molecule has 0 saturated heterocycles. The number of benzene rings is 4. The lowest BCUT2D eigenvalue weighted by atomic mass is 9.99. The molecule has 0 N–H and O–H groups in total. The van der Waals surface area contributed by atoms with E-state index in [9.17, 15) is 0 Å². The van der Waals surface area contributed by atoms with Gasteiger partial charge in [-0.05, 0) is 33.7 Å². The SMILES string of the molecule is Sp1oc2ccc3ccccc3c2c2c(ccc3ccccc32)o1. The molecule has 0 saturated carbocycles. The summed E-state index contributed by atoms with van der Waals surface area (Å²) < 4.78 is 12.0. The first kappa shape index (κ1) is 14.0. The average Bonchev–Trinajstić information content (AvgIpc) is 2.77. The molecule has 1 aromatic heterocycles. The second-order valence-electron chi connectivity index (χ2n) is 5.74. The summed E-state index contributed by atoms with van der Waals surface area (Å²) in [6.45, 7) is 0. The first-order valence-electron chi connectivity index (χ1n) is 7.70. The fourth-order valence-electron chi connectivity index (χ4n) is 3.36. The van der Waals surface area contributed by atoms with Gasteiger partial charge in [-0.2, -0.15) is 0 Å². The van der Waals surface area contributed by atoms with Crippen LogP contribution in [0.2, 0.25) is 0 Å². The van der Waals surface area contributed by atoms with E-state index < -0.39 is 7.22 Å². The molecule has 0 aliphatic carbocycles. The van der Waals surface area contributed by atoms with Crippen LogP contribution in [0.3, 0.4) is 0 Å². The van der Waals surface area contributed by atoms with Gasteiger partial charge in [0.2, 0.25) is 0 Å². The molecule has 24 heavy (non-hydrogen) atoms. The van der Waals surface area contributed by atoms with Crippen LogP contribution in [0.4, 0.5) is 0 Å². The molecular weight excluding hydrogens is 335 g/mol. The van der Waals surface area contributed by atoms with E-state index in [-0.39, 0.29) is 0 Å². The van der Waals surface area contributed by atoms with Crippen molar-refractivity contribution in [2.75, 3.05) is 0 Å². The Bertz CT molecular complexity index is 1180. The summed E-state index contributed by atoms with van der Waals surface area (Å²) in [6, 6.07) is 24.9. The average molecular weight is 348 g/mol. The first-order valence-corrected chi connectivity index (χ1v) is 10.0. The molecule has 0 amide bonds. The van der Waals surface area contributed by atoms with Gasteiger partial charge >= 0.3 is 0 Å². The molecule has 116 valence electrons. The minimum Gasteiger partial charge on any atom is -0.412 e. The molecule has 2 nitrogen and oxygen atoms in total. The standard InChI is InChI=1S/C20H13O2PS/c24-23-21-17-11-9-13-5-1-3-7-15(13)19(17)20-16-8-4-2-6-14(16)10-12-18(20)22-23/h1-12,24H. The lowest BCUT2D eigenvalue weighted by Gasteiger charge is -2.05. The van der Waals surface area contributed by atoms with Crippen LogP contribution >= 0.6 is 19.5 Å². The van der Waals surface area contributed by atoms with Crippen LogP contribution in [-0.4, -0.2) is 0 Å². The zero-order valence-corrected chi connectivity index (χ0v) is 14.4. The molecule has 1 heterocycles. The molecule has 0 bridgehead atoms. The van der Waals surface area contributed by atoms with Crippen LogP contribution < -0.4 is 0 Å². The smallest absolute Gasteiger partial charge is 0.283 e. The van der Waals surface area contributed by atoms with E-state index in [1.165, 1.54) is 10.8 Å². The Labute approximate surface area is 144 Å². The maximum absolute atomic E-state index is 6.00. The summed E-state index contributed by atoms with van der Waals surface area (Å²) in [5, 5.41) is 6.86. The van der Waals surface area contributed by atoms with Gasteiger partial charge in [0.1, 0.15) is 11.2 Å². The fraction of sp³-hybridized carbons (Fsp3) is 0. The lowest BCUT2D eigenvalue weighted by molar-refractivity contribution is 0.658. The third kappa shape index (κ3) is 2.06. The molecule has 0 fully saturated rings. The number of thiol groups is 1. The van der Waals surface area contributed by atoms with Gasteiger partial charge in [0.15, 0.2) is 0 Å². The van der Waals surface area contributed by atoms with Crippen molar-refractivity contribution < 1.29 is 8.39 Å².